The van der Waals surface area contributed by atoms with Crippen molar-refractivity contribution in [2.45, 2.75) is 18.7 Å². The monoisotopic (exact) mass is 274 g/mol. The molecule has 0 aliphatic carbocycles. The fraction of sp³-hybridized carbons (Fsp3) is 0.800. The summed E-state index contributed by atoms with van der Waals surface area (Å²) in [5.41, 5.74) is 0. The summed E-state index contributed by atoms with van der Waals surface area (Å²) in [6.07, 6.45) is -0.601. The van der Waals surface area contributed by atoms with Gasteiger partial charge in [-0.2, -0.15) is 0 Å². The summed E-state index contributed by atoms with van der Waals surface area (Å²) in [5.74, 6) is -0.809. The summed E-state index contributed by atoms with van der Waals surface area (Å²) in [4.78, 5) is 52.2. The van der Waals surface area contributed by atoms with Crippen molar-refractivity contribution in [3.63, 3.8) is 0 Å². The van der Waals surface area contributed by atoms with Crippen LogP contribution >= 0.6 is 16.8 Å². The Labute approximate surface area is 135 Å². The van der Waals surface area contributed by atoms with Crippen LogP contribution < -0.4 is 78.7 Å². The van der Waals surface area contributed by atoms with Crippen molar-refractivity contribution in [2.24, 2.45) is 0 Å². The van der Waals surface area contributed by atoms with Crippen LogP contribution in [0.2, 0.25) is 0 Å². The van der Waals surface area contributed by atoms with Gasteiger partial charge in [0, 0.05) is 0 Å². The number of hydrogen-bond donors (Lipinski definition) is 0. The Morgan fingerprint density at radius 2 is 1.60 bits per heavy atom. The fourth-order valence-electron chi connectivity index (χ4n) is 0.649. The maximum Gasteiger partial charge on any atom is 1.00 e. The molecule has 0 aromatic heterocycles. The van der Waals surface area contributed by atoms with Crippen molar-refractivity contribution in [2.75, 3.05) is 6.61 Å². The molecular formula is C5H10Na2O6P2. The van der Waals surface area contributed by atoms with Crippen molar-refractivity contribution >= 4 is 22.7 Å². The molecule has 0 unspecified atom stereocenters. The third-order valence-electron chi connectivity index (χ3n) is 1.25. The molecule has 10 heteroatoms. The van der Waals surface area contributed by atoms with Crippen LogP contribution in [0, 0.1) is 0 Å². The second-order valence-corrected chi connectivity index (χ2v) is 5.45. The molecule has 0 aromatic rings. The Kier molecular flexibility index (Phi) is 18.8. The molecular weight excluding hydrogens is 264 g/mol. The molecule has 0 bridgehead atoms. The molecule has 0 fully saturated rings. The van der Waals surface area contributed by atoms with Crippen LogP contribution in [0.15, 0.2) is 0 Å². The molecule has 0 radical (unpaired) electrons. The molecule has 0 heterocycles. The predicted octanol–water partition coefficient (Wildman–Crippen LogP) is -9.20. The minimum atomic E-state index is -3.47. The van der Waals surface area contributed by atoms with Gasteiger partial charge < -0.3 is 24.3 Å². The van der Waals surface area contributed by atoms with Crippen LogP contribution in [-0.4, -0.2) is 18.0 Å². The zero-order valence-corrected chi connectivity index (χ0v) is 14.9. The van der Waals surface area contributed by atoms with Gasteiger partial charge in [-0.15, -0.1) is 0 Å². The minimum absolute atomic E-state index is 0. The van der Waals surface area contributed by atoms with Gasteiger partial charge in [0.1, 0.15) is 6.42 Å². The molecule has 0 rings (SSSR count). The quantitative estimate of drug-likeness (QED) is 0.279. The van der Waals surface area contributed by atoms with E-state index in [0.717, 1.165) is 0 Å². The van der Waals surface area contributed by atoms with Crippen LogP contribution in [0.1, 0.15) is 13.3 Å². The van der Waals surface area contributed by atoms with Crippen LogP contribution in [0.5, 0.6) is 0 Å². The van der Waals surface area contributed by atoms with Gasteiger partial charge in [-0.25, -0.2) is 0 Å². The largest absolute Gasteiger partial charge is 1.00 e. The molecule has 0 atom stereocenters. The number of carbonyl (C=O) groups excluding carboxylic acids is 1. The summed E-state index contributed by atoms with van der Waals surface area (Å²) < 4.78 is 4.41. The fourth-order valence-corrected chi connectivity index (χ4v) is 2.09. The number of carbonyl (C=O) groups is 1. The van der Waals surface area contributed by atoms with E-state index < -0.39 is 34.5 Å². The van der Waals surface area contributed by atoms with Crippen molar-refractivity contribution in [1.82, 2.24) is 0 Å². The van der Waals surface area contributed by atoms with Gasteiger partial charge in [0.2, 0.25) is 0 Å². The van der Waals surface area contributed by atoms with E-state index >= 15 is 0 Å². The molecule has 0 saturated carbocycles. The minimum Gasteiger partial charge on any atom is -0.682 e. The second kappa shape index (κ2) is 12.6. The first-order chi connectivity index (χ1) is 5.99. The van der Waals surface area contributed by atoms with Crippen molar-refractivity contribution in [3.8, 4) is 0 Å². The van der Waals surface area contributed by atoms with E-state index in [2.05, 4.69) is 4.74 Å². The van der Waals surface area contributed by atoms with Gasteiger partial charge in [0.05, 0.1) is 6.61 Å². The van der Waals surface area contributed by atoms with E-state index in [-0.39, 0.29) is 65.7 Å². The molecule has 6 nitrogen and oxygen atoms in total. The SMILES string of the molecule is CCOC(=O)CC([PH+]([O-])[O-])[PH+]([O-])[O-].[Na+].[Na+]. The van der Waals surface area contributed by atoms with Gasteiger partial charge in [-0.3, -0.25) is 4.79 Å². The first-order valence-corrected chi connectivity index (χ1v) is 6.35. The van der Waals surface area contributed by atoms with Gasteiger partial charge in [0.25, 0.3) is 0 Å². The van der Waals surface area contributed by atoms with Crippen LogP contribution in [0.3, 0.4) is 0 Å². The Hall–Kier alpha value is 2.17. The van der Waals surface area contributed by atoms with Gasteiger partial charge in [-0.1, -0.05) is 16.8 Å². The summed E-state index contributed by atoms with van der Waals surface area (Å²) in [6, 6.07) is 0. The van der Waals surface area contributed by atoms with Gasteiger partial charge in [-0.05, 0) is 6.92 Å². The number of esters is 1. The van der Waals surface area contributed by atoms with Crippen LogP contribution in [0.25, 0.3) is 0 Å². The Morgan fingerprint density at radius 1 is 1.20 bits per heavy atom. The van der Waals surface area contributed by atoms with Crippen molar-refractivity contribution < 1.29 is 88.2 Å². The average molecular weight is 274 g/mol. The number of hydrogen-bond acceptors (Lipinski definition) is 6. The maximum absolute atomic E-state index is 10.7. The van der Waals surface area contributed by atoms with Gasteiger partial charge >= 0.3 is 65.1 Å². The number of ether oxygens (including phenoxy) is 1. The van der Waals surface area contributed by atoms with E-state index in [9.17, 15) is 24.4 Å². The molecule has 0 spiro atoms. The first-order valence-electron chi connectivity index (χ1n) is 3.56. The van der Waals surface area contributed by atoms with Gasteiger partial charge in [0.15, 0.2) is 5.40 Å². The molecule has 0 aromatic carbocycles. The third kappa shape index (κ3) is 11.0. The van der Waals surface area contributed by atoms with E-state index in [1.165, 1.54) is 0 Å². The predicted molar refractivity (Wildman–Crippen MR) is 41.7 cm³/mol. The van der Waals surface area contributed by atoms with E-state index in [4.69, 9.17) is 0 Å². The Balaban J connectivity index is -0.000000720. The van der Waals surface area contributed by atoms with E-state index in [0.29, 0.717) is 0 Å². The summed E-state index contributed by atoms with van der Waals surface area (Å²) in [6.45, 7) is 1.65. The normalized spacial score (nSPS) is 9.87. The van der Waals surface area contributed by atoms with E-state index in [1.54, 1.807) is 6.92 Å². The average Bonchev–Trinajstić information content (AvgIpc) is 1.99. The molecule has 0 saturated heterocycles. The Morgan fingerprint density at radius 3 is 1.87 bits per heavy atom. The van der Waals surface area contributed by atoms with Crippen molar-refractivity contribution in [1.29, 1.82) is 0 Å². The van der Waals surface area contributed by atoms with Crippen LogP contribution in [0.4, 0.5) is 0 Å². The second-order valence-electron chi connectivity index (χ2n) is 2.20. The molecule has 0 amide bonds. The third-order valence-corrected chi connectivity index (χ3v) is 4.21. The standard InChI is InChI=1S/C5H10O6P2.2Na/c1-2-11-4(6)3-5(12(7)8)13(9)10;;/h5,12-13H,2-3H2,1H3;;/q-2;2*+1. The molecule has 0 aliphatic heterocycles. The smallest absolute Gasteiger partial charge is 0.682 e. The summed E-state index contributed by atoms with van der Waals surface area (Å²) in [5, 5.41) is -1.57. The Bertz CT molecular complexity index is 162. The van der Waals surface area contributed by atoms with E-state index in [1.807, 2.05) is 0 Å². The zero-order valence-electron chi connectivity index (χ0n) is 8.94. The molecule has 0 N–H and O–H groups in total. The van der Waals surface area contributed by atoms with Crippen LogP contribution in [-0.2, 0) is 9.53 Å². The zero-order chi connectivity index (χ0) is 10.4. The van der Waals surface area contributed by atoms with Crippen molar-refractivity contribution in [3.05, 3.63) is 0 Å². The molecule has 78 valence electrons. The summed E-state index contributed by atoms with van der Waals surface area (Å²) in [7, 11) is -6.93. The molecule has 15 heavy (non-hydrogen) atoms. The number of rotatable bonds is 5. The molecule has 0 aliphatic rings. The first kappa shape index (κ1) is 22.4. The maximum atomic E-state index is 10.7. The summed E-state index contributed by atoms with van der Waals surface area (Å²) >= 11 is 0. The topological polar surface area (TPSA) is 119 Å².